The number of carbonyl (C=O) groups excluding carboxylic acids is 4. The van der Waals surface area contributed by atoms with Crippen LogP contribution in [0.25, 0.3) is 0 Å². The van der Waals surface area contributed by atoms with Crippen molar-refractivity contribution >= 4 is 23.7 Å². The number of benzene rings is 2. The van der Waals surface area contributed by atoms with E-state index in [0.29, 0.717) is 70.1 Å². The monoisotopic (exact) mass is 783 g/mol. The number of β-amino-alcohol motifs (C(OH)–C–C–N with tert-alkyl or cyclic N) is 1. The summed E-state index contributed by atoms with van der Waals surface area (Å²) in [5.41, 5.74) is 4.13. The van der Waals surface area contributed by atoms with Gasteiger partial charge in [0.05, 0.1) is 24.7 Å². The fourth-order valence-electron chi connectivity index (χ4n) is 8.25. The number of hydroxylamine groups is 2. The van der Waals surface area contributed by atoms with Gasteiger partial charge in [-0.1, -0.05) is 54.6 Å². The second-order valence-electron chi connectivity index (χ2n) is 16.9. The fourth-order valence-corrected chi connectivity index (χ4v) is 8.25. The van der Waals surface area contributed by atoms with Crippen molar-refractivity contribution < 1.29 is 38.8 Å². The van der Waals surface area contributed by atoms with Crippen LogP contribution in [0.5, 0.6) is 0 Å². The van der Waals surface area contributed by atoms with Crippen molar-refractivity contribution in [2.24, 2.45) is 5.92 Å². The van der Waals surface area contributed by atoms with Crippen molar-refractivity contribution in [2.75, 3.05) is 32.7 Å². The minimum atomic E-state index is -0.667. The number of carbonyl (C=O) groups is 4. The Hall–Kier alpha value is -4.53. The Morgan fingerprint density at radius 3 is 2.44 bits per heavy atom. The Kier molecular flexibility index (Phi) is 14.2. The number of pyridine rings is 1. The van der Waals surface area contributed by atoms with E-state index in [4.69, 9.17) is 4.84 Å². The van der Waals surface area contributed by atoms with Gasteiger partial charge in [0.25, 0.3) is 11.8 Å². The molecule has 3 heterocycles. The molecule has 0 unspecified atom stereocenters. The molecule has 2 fully saturated rings. The van der Waals surface area contributed by atoms with Gasteiger partial charge in [-0.05, 0) is 68.8 Å². The van der Waals surface area contributed by atoms with Gasteiger partial charge in [0.1, 0.15) is 12.6 Å². The predicted octanol–water partition coefficient (Wildman–Crippen LogP) is 2.62. The summed E-state index contributed by atoms with van der Waals surface area (Å²) in [7, 11) is 0. The zero-order chi connectivity index (χ0) is 40.5. The number of aromatic nitrogens is 1. The Morgan fingerprint density at radius 1 is 0.965 bits per heavy atom. The number of piperazine rings is 1. The van der Waals surface area contributed by atoms with Crippen LogP contribution in [0.3, 0.4) is 0 Å². The number of hydrogen-bond donors (Lipinski definition) is 4. The van der Waals surface area contributed by atoms with E-state index >= 15 is 0 Å². The van der Waals surface area contributed by atoms with Gasteiger partial charge < -0.3 is 25.7 Å². The minimum Gasteiger partial charge on any atom is -0.392 e. The molecule has 3 amide bonds. The summed E-state index contributed by atoms with van der Waals surface area (Å²) in [6.45, 7) is 9.91. The average Bonchev–Trinajstić information content (AvgIpc) is 3.66. The molecule has 3 aromatic rings. The van der Waals surface area contributed by atoms with Gasteiger partial charge >= 0.3 is 5.97 Å². The van der Waals surface area contributed by atoms with Crippen LogP contribution >= 0.6 is 0 Å². The van der Waals surface area contributed by atoms with E-state index in [0.717, 1.165) is 17.5 Å². The maximum Gasteiger partial charge on any atom is 0.333 e. The number of amides is 3. The third-order valence-corrected chi connectivity index (χ3v) is 10.9. The van der Waals surface area contributed by atoms with Crippen LogP contribution in [0.2, 0.25) is 0 Å². The van der Waals surface area contributed by atoms with E-state index in [1.807, 2.05) is 80.2 Å². The Balaban J connectivity index is 1.05. The average molecular weight is 784 g/mol. The molecule has 3 aliphatic rings. The molecule has 2 aliphatic heterocycles. The highest BCUT2D eigenvalue weighted by molar-refractivity contribution is 6.01. The van der Waals surface area contributed by atoms with E-state index < -0.39 is 41.6 Å². The first-order valence-corrected chi connectivity index (χ1v) is 20.4. The van der Waals surface area contributed by atoms with Crippen LogP contribution in [-0.4, -0.2) is 105 Å². The first-order valence-electron chi connectivity index (χ1n) is 20.4. The van der Waals surface area contributed by atoms with Crippen molar-refractivity contribution in [2.45, 2.75) is 109 Å². The van der Waals surface area contributed by atoms with E-state index in [1.165, 1.54) is 11.1 Å². The van der Waals surface area contributed by atoms with Gasteiger partial charge in [-0.25, -0.2) is 9.36 Å². The molecule has 0 radical (unpaired) electrons. The Morgan fingerprint density at radius 2 is 1.68 bits per heavy atom. The second-order valence-corrected chi connectivity index (χ2v) is 16.9. The standard InChI is InChI=1S/C44H58N6O7/c1-44(2,3)46-43(56)37-30-48(28-32-13-9-19-47(27-32)20-10-16-41(55)57-50-39(53)17-18-40(50)54)21-22-49(37)29-35(51)24-33(23-31-11-5-4-6-12-31)26-45-42-36-15-8-7-14-34(36)25-38(42)52/h4-9,11-15,19,27,33,35,37-38,42,45,51-52H,10,16-18,20-26,28-30H2,1-3H3/p+1/t33-,35+,37+,38-,42+/m1/s1. The molecule has 306 valence electrons. The highest BCUT2D eigenvalue weighted by atomic mass is 16.7. The molecule has 4 N–H and O–H groups in total. The molecule has 2 aromatic carbocycles. The number of aliphatic hydroxyl groups is 2. The lowest BCUT2D eigenvalue weighted by Crippen LogP contribution is -2.61. The normalized spacial score (nSPS) is 21.4. The molecule has 13 heteroatoms. The van der Waals surface area contributed by atoms with Crippen LogP contribution in [0, 0.1) is 5.92 Å². The summed E-state index contributed by atoms with van der Waals surface area (Å²) in [5, 5.41) is 30.0. The van der Waals surface area contributed by atoms with Crippen molar-refractivity contribution in [3.05, 3.63) is 101 Å². The van der Waals surface area contributed by atoms with Crippen LogP contribution in [-0.2, 0) is 49.9 Å². The largest absolute Gasteiger partial charge is 0.392 e. The minimum absolute atomic E-state index is 0.0606. The molecule has 5 atom stereocenters. The Bertz CT molecular complexity index is 1840. The highest BCUT2D eigenvalue weighted by Crippen LogP contribution is 2.32. The van der Waals surface area contributed by atoms with E-state index in [2.05, 4.69) is 44.7 Å². The van der Waals surface area contributed by atoms with Gasteiger partial charge in [0, 0.05) is 75.6 Å². The zero-order valence-electron chi connectivity index (χ0n) is 33.5. The molecule has 2 saturated heterocycles. The third-order valence-electron chi connectivity index (χ3n) is 10.9. The van der Waals surface area contributed by atoms with Crippen molar-refractivity contribution in [1.29, 1.82) is 0 Å². The van der Waals surface area contributed by atoms with E-state index in [1.54, 1.807) is 0 Å². The first-order chi connectivity index (χ1) is 27.3. The summed E-state index contributed by atoms with van der Waals surface area (Å²) in [4.78, 5) is 59.0. The lowest BCUT2D eigenvalue weighted by atomic mass is 9.92. The van der Waals surface area contributed by atoms with Crippen molar-refractivity contribution in [1.82, 2.24) is 25.5 Å². The number of aryl methyl sites for hydroxylation is 1. The maximum absolute atomic E-state index is 13.8. The fraction of sp³-hybridized carbons (Fsp3) is 0.523. The van der Waals surface area contributed by atoms with E-state index in [-0.39, 0.29) is 37.1 Å². The number of hydrogen-bond acceptors (Lipinski definition) is 10. The SMILES string of the molecule is CC(C)(C)NC(=O)[C@@H]1CN(Cc2ccc[n+](CCCC(=O)ON3C(=O)CCC3=O)c2)CCN1C[C@@H](O)C[C@H](CN[C@H]1c2ccccc2C[C@H]1O)Cc1ccccc1. The number of nitrogens with one attached hydrogen (secondary N) is 2. The van der Waals surface area contributed by atoms with Gasteiger partial charge in [-0.2, -0.15) is 0 Å². The molecule has 0 saturated carbocycles. The molecule has 1 aliphatic carbocycles. The topological polar surface area (TPSA) is 156 Å². The highest BCUT2D eigenvalue weighted by Gasteiger charge is 2.36. The van der Waals surface area contributed by atoms with Gasteiger partial charge in [-0.15, -0.1) is 5.06 Å². The number of fused-ring (bicyclic) bond motifs is 1. The van der Waals surface area contributed by atoms with Crippen LogP contribution < -0.4 is 15.2 Å². The second kappa shape index (κ2) is 19.3. The Labute approximate surface area is 335 Å². The smallest absolute Gasteiger partial charge is 0.333 e. The summed E-state index contributed by atoms with van der Waals surface area (Å²) in [5.74, 6) is -1.57. The molecule has 57 heavy (non-hydrogen) atoms. The number of aliphatic hydroxyl groups excluding tert-OH is 2. The summed E-state index contributed by atoms with van der Waals surface area (Å²) in [6.07, 6.45) is 5.39. The third kappa shape index (κ3) is 12.0. The molecular weight excluding hydrogens is 725 g/mol. The quantitative estimate of drug-likeness (QED) is 0.119. The predicted molar refractivity (Wildman–Crippen MR) is 213 cm³/mol. The van der Waals surface area contributed by atoms with Gasteiger partial charge in [-0.3, -0.25) is 24.2 Å². The summed E-state index contributed by atoms with van der Waals surface area (Å²) < 4.78 is 2.00. The molecular formula is C44H59N6O7+. The molecule has 0 spiro atoms. The van der Waals surface area contributed by atoms with Gasteiger partial charge in [0.2, 0.25) is 5.91 Å². The van der Waals surface area contributed by atoms with Crippen molar-refractivity contribution in [3.63, 3.8) is 0 Å². The molecule has 13 nitrogen and oxygen atoms in total. The zero-order valence-corrected chi connectivity index (χ0v) is 33.5. The molecule has 6 rings (SSSR count). The maximum atomic E-state index is 13.8. The number of nitrogens with zero attached hydrogens (tertiary/aromatic N) is 4. The lowest BCUT2D eigenvalue weighted by molar-refractivity contribution is -0.697. The van der Waals surface area contributed by atoms with E-state index in [9.17, 15) is 29.4 Å². The van der Waals surface area contributed by atoms with Crippen LogP contribution in [0.1, 0.15) is 81.2 Å². The summed E-state index contributed by atoms with van der Waals surface area (Å²) in [6, 6.07) is 21.8. The molecule has 0 bridgehead atoms. The summed E-state index contributed by atoms with van der Waals surface area (Å²) >= 11 is 0. The molecule has 1 aromatic heterocycles. The van der Waals surface area contributed by atoms with Crippen LogP contribution in [0.4, 0.5) is 0 Å². The lowest BCUT2D eigenvalue weighted by Gasteiger charge is -2.42. The van der Waals surface area contributed by atoms with Crippen LogP contribution in [0.15, 0.2) is 79.1 Å². The number of imide groups is 1. The van der Waals surface area contributed by atoms with Crippen molar-refractivity contribution in [3.8, 4) is 0 Å². The first kappa shape index (κ1) is 42.1. The van der Waals surface area contributed by atoms with Gasteiger partial charge in [0.15, 0.2) is 12.4 Å². The number of rotatable bonds is 17.